The molecule has 1 fully saturated rings. The minimum atomic E-state index is 0.630. The summed E-state index contributed by atoms with van der Waals surface area (Å²) >= 11 is 0. The molecule has 1 nitrogen and oxygen atoms in total. The van der Waals surface area contributed by atoms with Crippen LogP contribution >= 0.6 is 0 Å². The van der Waals surface area contributed by atoms with Crippen molar-refractivity contribution in [1.82, 2.24) is 5.32 Å². The van der Waals surface area contributed by atoms with Crippen LogP contribution in [0.5, 0.6) is 0 Å². The van der Waals surface area contributed by atoms with E-state index >= 15 is 0 Å². The lowest BCUT2D eigenvalue weighted by Gasteiger charge is -2.14. The normalized spacial score (nSPS) is 17.8. The molecular formula is C14H21N. The summed E-state index contributed by atoms with van der Waals surface area (Å²) in [5.41, 5.74) is 4.26. The van der Waals surface area contributed by atoms with E-state index < -0.39 is 0 Å². The first-order valence-corrected chi connectivity index (χ1v) is 5.97. The second-order valence-electron chi connectivity index (χ2n) is 4.93. The highest BCUT2D eigenvalue weighted by molar-refractivity contribution is 5.31. The molecule has 1 aromatic carbocycles. The van der Waals surface area contributed by atoms with Crippen LogP contribution < -0.4 is 5.32 Å². The van der Waals surface area contributed by atoms with Crippen LogP contribution in [-0.2, 0) is 0 Å². The van der Waals surface area contributed by atoms with Gasteiger partial charge in [0.1, 0.15) is 0 Å². The predicted molar refractivity (Wildman–Crippen MR) is 65.4 cm³/mol. The Hall–Kier alpha value is -0.820. The quantitative estimate of drug-likeness (QED) is 0.792. The molecule has 1 aromatic rings. The topological polar surface area (TPSA) is 12.0 Å². The van der Waals surface area contributed by atoms with Crippen molar-refractivity contribution >= 4 is 0 Å². The van der Waals surface area contributed by atoms with Gasteiger partial charge in [-0.05, 0) is 49.3 Å². The van der Waals surface area contributed by atoms with Crippen LogP contribution in [-0.4, -0.2) is 12.6 Å². The van der Waals surface area contributed by atoms with Crippen molar-refractivity contribution in [3.63, 3.8) is 0 Å². The molecule has 0 saturated heterocycles. The van der Waals surface area contributed by atoms with Crippen LogP contribution in [0.25, 0.3) is 0 Å². The van der Waals surface area contributed by atoms with Gasteiger partial charge in [0.15, 0.2) is 0 Å². The van der Waals surface area contributed by atoms with E-state index in [1.807, 2.05) is 0 Å². The summed E-state index contributed by atoms with van der Waals surface area (Å²) in [7, 11) is 0. The standard InChI is InChI=1S/C14H21N/c1-10-4-5-13(8-11(10)2)12(3)9-15-14-6-7-14/h4-5,8,12,14-15H,6-7,9H2,1-3H3. The molecule has 1 heteroatoms. The highest BCUT2D eigenvalue weighted by atomic mass is 14.9. The fraction of sp³-hybridized carbons (Fsp3) is 0.571. The van der Waals surface area contributed by atoms with Crippen LogP contribution in [0.1, 0.15) is 42.4 Å². The zero-order valence-electron chi connectivity index (χ0n) is 10.0. The maximum absolute atomic E-state index is 3.59. The summed E-state index contributed by atoms with van der Waals surface area (Å²) in [5, 5.41) is 3.59. The Bertz CT molecular complexity index is 339. The molecule has 1 atom stereocenters. The fourth-order valence-electron chi connectivity index (χ4n) is 1.82. The van der Waals surface area contributed by atoms with Gasteiger partial charge in [-0.1, -0.05) is 25.1 Å². The molecule has 15 heavy (non-hydrogen) atoms. The molecule has 0 aromatic heterocycles. The van der Waals surface area contributed by atoms with Gasteiger partial charge in [0.25, 0.3) is 0 Å². The zero-order chi connectivity index (χ0) is 10.8. The summed E-state index contributed by atoms with van der Waals surface area (Å²) in [6.45, 7) is 7.79. The first-order chi connectivity index (χ1) is 7.16. The molecule has 0 aliphatic heterocycles. The van der Waals surface area contributed by atoms with E-state index in [0.29, 0.717) is 5.92 Å². The van der Waals surface area contributed by atoms with Crippen LogP contribution in [0.2, 0.25) is 0 Å². The van der Waals surface area contributed by atoms with E-state index in [0.717, 1.165) is 12.6 Å². The molecule has 0 heterocycles. The molecule has 1 saturated carbocycles. The predicted octanol–water partition coefficient (Wildman–Crippen LogP) is 3.16. The van der Waals surface area contributed by atoms with Gasteiger partial charge in [0.05, 0.1) is 0 Å². The largest absolute Gasteiger partial charge is 0.313 e. The van der Waals surface area contributed by atoms with Crippen LogP contribution in [0.15, 0.2) is 18.2 Å². The van der Waals surface area contributed by atoms with Crippen molar-refractivity contribution in [3.8, 4) is 0 Å². The molecule has 2 rings (SSSR count). The Labute approximate surface area is 92.9 Å². The average molecular weight is 203 g/mol. The molecule has 1 aliphatic carbocycles. The third-order valence-electron chi connectivity index (χ3n) is 3.39. The molecule has 1 N–H and O–H groups in total. The van der Waals surface area contributed by atoms with Crippen molar-refractivity contribution in [2.45, 2.75) is 45.6 Å². The minimum Gasteiger partial charge on any atom is -0.313 e. The van der Waals surface area contributed by atoms with Gasteiger partial charge in [0.2, 0.25) is 0 Å². The minimum absolute atomic E-state index is 0.630. The lowest BCUT2D eigenvalue weighted by molar-refractivity contribution is 0.611. The van der Waals surface area contributed by atoms with Crippen LogP contribution in [0.3, 0.4) is 0 Å². The molecule has 1 unspecified atom stereocenters. The smallest absolute Gasteiger partial charge is 0.00684 e. The number of benzene rings is 1. The fourth-order valence-corrected chi connectivity index (χ4v) is 1.82. The Morgan fingerprint density at radius 2 is 2.00 bits per heavy atom. The van der Waals surface area contributed by atoms with Crippen molar-refractivity contribution < 1.29 is 0 Å². The Kier molecular flexibility index (Phi) is 3.11. The van der Waals surface area contributed by atoms with Crippen molar-refractivity contribution in [1.29, 1.82) is 0 Å². The number of nitrogens with one attached hydrogen (secondary N) is 1. The van der Waals surface area contributed by atoms with Gasteiger partial charge >= 0.3 is 0 Å². The van der Waals surface area contributed by atoms with Gasteiger partial charge in [-0.2, -0.15) is 0 Å². The third-order valence-corrected chi connectivity index (χ3v) is 3.39. The molecule has 0 radical (unpaired) electrons. The van der Waals surface area contributed by atoms with Crippen LogP contribution in [0.4, 0.5) is 0 Å². The first kappa shape index (κ1) is 10.7. The van der Waals surface area contributed by atoms with E-state index in [9.17, 15) is 0 Å². The van der Waals surface area contributed by atoms with Gasteiger partial charge in [0, 0.05) is 12.6 Å². The summed E-state index contributed by atoms with van der Waals surface area (Å²) in [5.74, 6) is 0.630. The number of hydrogen-bond donors (Lipinski definition) is 1. The number of rotatable bonds is 4. The lowest BCUT2D eigenvalue weighted by atomic mass is 9.97. The maximum Gasteiger partial charge on any atom is 0.00684 e. The Balaban J connectivity index is 1.97. The summed E-state index contributed by atoms with van der Waals surface area (Å²) in [6.07, 6.45) is 2.75. The van der Waals surface area contributed by atoms with Crippen molar-refractivity contribution in [3.05, 3.63) is 34.9 Å². The lowest BCUT2D eigenvalue weighted by Crippen LogP contribution is -2.22. The van der Waals surface area contributed by atoms with Gasteiger partial charge in [-0.15, -0.1) is 0 Å². The molecular weight excluding hydrogens is 182 g/mol. The average Bonchev–Trinajstić information content (AvgIpc) is 3.02. The van der Waals surface area contributed by atoms with E-state index in [-0.39, 0.29) is 0 Å². The second kappa shape index (κ2) is 4.36. The van der Waals surface area contributed by atoms with Crippen molar-refractivity contribution in [2.75, 3.05) is 6.54 Å². The van der Waals surface area contributed by atoms with Crippen LogP contribution in [0, 0.1) is 13.8 Å². The highest BCUT2D eigenvalue weighted by Gasteiger charge is 2.21. The Morgan fingerprint density at radius 1 is 1.27 bits per heavy atom. The summed E-state index contributed by atoms with van der Waals surface area (Å²) in [6, 6.07) is 7.65. The van der Waals surface area contributed by atoms with Gasteiger partial charge in [-0.25, -0.2) is 0 Å². The van der Waals surface area contributed by atoms with E-state index in [2.05, 4.69) is 44.3 Å². The van der Waals surface area contributed by atoms with Gasteiger partial charge < -0.3 is 5.32 Å². The first-order valence-electron chi connectivity index (χ1n) is 5.97. The van der Waals surface area contributed by atoms with E-state index in [1.54, 1.807) is 0 Å². The second-order valence-corrected chi connectivity index (χ2v) is 4.93. The van der Waals surface area contributed by atoms with Gasteiger partial charge in [-0.3, -0.25) is 0 Å². The van der Waals surface area contributed by atoms with Crippen molar-refractivity contribution in [2.24, 2.45) is 0 Å². The zero-order valence-corrected chi connectivity index (χ0v) is 10.0. The third kappa shape index (κ3) is 2.82. The number of hydrogen-bond acceptors (Lipinski definition) is 1. The monoisotopic (exact) mass is 203 g/mol. The van der Waals surface area contributed by atoms with E-state index in [1.165, 1.54) is 29.5 Å². The maximum atomic E-state index is 3.59. The molecule has 0 spiro atoms. The SMILES string of the molecule is Cc1ccc(C(C)CNC2CC2)cc1C. The van der Waals surface area contributed by atoms with E-state index in [4.69, 9.17) is 0 Å². The number of aryl methyl sites for hydroxylation is 2. The highest BCUT2D eigenvalue weighted by Crippen LogP contribution is 2.22. The molecule has 82 valence electrons. The Morgan fingerprint density at radius 3 is 2.60 bits per heavy atom. The molecule has 0 bridgehead atoms. The summed E-state index contributed by atoms with van der Waals surface area (Å²) in [4.78, 5) is 0. The molecule has 1 aliphatic rings. The summed E-state index contributed by atoms with van der Waals surface area (Å²) < 4.78 is 0. The molecule has 0 amide bonds.